The molecule has 1 unspecified atom stereocenters. The average Bonchev–Trinajstić information content (AvgIpc) is 2.77. The summed E-state index contributed by atoms with van der Waals surface area (Å²) in [7, 11) is 1.53. The monoisotopic (exact) mass is 436 g/mol. The van der Waals surface area contributed by atoms with Gasteiger partial charge in [0.05, 0.1) is 35.5 Å². The van der Waals surface area contributed by atoms with Gasteiger partial charge >= 0.3 is 0 Å². The molecule has 3 aromatic rings. The highest BCUT2D eigenvalue weighted by Crippen LogP contribution is 2.27. The van der Waals surface area contributed by atoms with Gasteiger partial charge in [0.2, 0.25) is 5.91 Å². The number of ether oxygens (including phenoxy) is 1. The lowest BCUT2D eigenvalue weighted by Gasteiger charge is -2.27. The van der Waals surface area contributed by atoms with E-state index in [-0.39, 0.29) is 23.1 Å². The Hall–Kier alpha value is -3.31. The predicted molar refractivity (Wildman–Crippen MR) is 122 cm³/mol. The molecule has 0 saturated heterocycles. The number of aromatic nitrogens is 2. The smallest absolute Gasteiger partial charge is 0.266 e. The number of amides is 1. The number of nitrogens with one attached hydrogen (secondary N) is 1. The van der Waals surface area contributed by atoms with Gasteiger partial charge in [0, 0.05) is 0 Å². The van der Waals surface area contributed by atoms with Crippen molar-refractivity contribution >= 4 is 28.6 Å². The van der Waals surface area contributed by atoms with Crippen molar-refractivity contribution in [3.63, 3.8) is 0 Å². The summed E-state index contributed by atoms with van der Waals surface area (Å²) in [5, 5.41) is 13.1. The molecule has 0 fully saturated rings. The minimum atomic E-state index is -0.975. The van der Waals surface area contributed by atoms with Crippen LogP contribution in [0.1, 0.15) is 20.8 Å². The van der Waals surface area contributed by atoms with Crippen LogP contribution in [-0.4, -0.2) is 33.9 Å². The summed E-state index contributed by atoms with van der Waals surface area (Å²) >= 11 is 1.14. The van der Waals surface area contributed by atoms with Gasteiger partial charge in [-0.3, -0.25) is 14.2 Å². The fraction of sp³-hybridized carbons (Fsp3) is 0.304. The zero-order valence-electron chi connectivity index (χ0n) is 17.9. The van der Waals surface area contributed by atoms with Gasteiger partial charge in [-0.2, -0.15) is 5.26 Å². The molecular formula is C23H24N4O3S. The molecule has 8 heteroatoms. The number of nitriles is 1. The first kappa shape index (κ1) is 22.4. The Morgan fingerprint density at radius 3 is 2.61 bits per heavy atom. The van der Waals surface area contributed by atoms with E-state index < -0.39 is 5.54 Å². The van der Waals surface area contributed by atoms with Crippen LogP contribution >= 0.6 is 11.8 Å². The molecule has 0 aliphatic heterocycles. The first-order chi connectivity index (χ1) is 14.8. The van der Waals surface area contributed by atoms with Crippen LogP contribution in [0.4, 0.5) is 0 Å². The first-order valence-corrected chi connectivity index (χ1v) is 10.8. The molecule has 0 aliphatic carbocycles. The number of fused-ring (bicyclic) bond motifs is 1. The lowest BCUT2D eigenvalue weighted by Crippen LogP contribution is -2.49. The predicted octanol–water partition coefficient (Wildman–Crippen LogP) is 3.54. The van der Waals surface area contributed by atoms with Crippen molar-refractivity contribution in [2.45, 2.75) is 31.5 Å². The lowest BCUT2D eigenvalue weighted by atomic mass is 9.90. The summed E-state index contributed by atoms with van der Waals surface area (Å²) in [6.07, 6.45) is 0. The molecule has 1 aromatic heterocycles. The van der Waals surface area contributed by atoms with E-state index in [1.54, 1.807) is 37.3 Å². The molecule has 1 heterocycles. The fourth-order valence-corrected chi connectivity index (χ4v) is 3.80. The van der Waals surface area contributed by atoms with Gasteiger partial charge in [0.25, 0.3) is 5.56 Å². The van der Waals surface area contributed by atoms with Gasteiger partial charge in [-0.1, -0.05) is 49.9 Å². The number of hydrogen-bond donors (Lipinski definition) is 1. The fourth-order valence-electron chi connectivity index (χ4n) is 2.99. The normalized spacial score (nSPS) is 12.9. The highest BCUT2D eigenvalue weighted by molar-refractivity contribution is 7.99. The summed E-state index contributed by atoms with van der Waals surface area (Å²) < 4.78 is 6.91. The van der Waals surface area contributed by atoms with E-state index in [9.17, 15) is 14.9 Å². The summed E-state index contributed by atoms with van der Waals surface area (Å²) in [6, 6.07) is 16.4. The van der Waals surface area contributed by atoms with E-state index in [0.717, 1.165) is 11.8 Å². The van der Waals surface area contributed by atoms with Crippen molar-refractivity contribution in [2.75, 3.05) is 12.9 Å². The van der Waals surface area contributed by atoms with Crippen LogP contribution in [0.5, 0.6) is 5.75 Å². The van der Waals surface area contributed by atoms with E-state index in [4.69, 9.17) is 4.74 Å². The zero-order chi connectivity index (χ0) is 22.6. The second kappa shape index (κ2) is 9.23. The molecule has 3 rings (SSSR count). The van der Waals surface area contributed by atoms with Crippen molar-refractivity contribution in [2.24, 2.45) is 5.92 Å². The quantitative estimate of drug-likeness (QED) is 0.449. The maximum Gasteiger partial charge on any atom is 0.266 e. The summed E-state index contributed by atoms with van der Waals surface area (Å²) in [6.45, 7) is 5.45. The molecule has 0 spiro atoms. The number of carbonyl (C=O) groups is 1. The maximum atomic E-state index is 13.3. The number of rotatable bonds is 7. The van der Waals surface area contributed by atoms with Gasteiger partial charge < -0.3 is 10.1 Å². The topological polar surface area (TPSA) is 97.0 Å². The lowest BCUT2D eigenvalue weighted by molar-refractivity contribution is -0.120. The Morgan fingerprint density at radius 1 is 1.26 bits per heavy atom. The minimum Gasteiger partial charge on any atom is -0.495 e. The average molecular weight is 437 g/mol. The van der Waals surface area contributed by atoms with Crippen LogP contribution in [-0.2, 0) is 4.79 Å². The second-order valence-corrected chi connectivity index (χ2v) is 8.47. The van der Waals surface area contributed by atoms with Crippen LogP contribution < -0.4 is 15.6 Å². The number of hydrogen-bond acceptors (Lipinski definition) is 6. The Labute approximate surface area is 185 Å². The van der Waals surface area contributed by atoms with Gasteiger partial charge in [0.1, 0.15) is 11.3 Å². The van der Waals surface area contributed by atoms with Crippen molar-refractivity contribution in [1.82, 2.24) is 14.9 Å². The zero-order valence-corrected chi connectivity index (χ0v) is 18.7. The molecule has 0 bridgehead atoms. The largest absolute Gasteiger partial charge is 0.495 e. The number of methoxy groups -OCH3 is 1. The molecule has 1 N–H and O–H groups in total. The molecule has 160 valence electrons. The van der Waals surface area contributed by atoms with Crippen molar-refractivity contribution in [1.29, 1.82) is 5.26 Å². The van der Waals surface area contributed by atoms with Gasteiger partial charge in [-0.05, 0) is 37.1 Å². The highest BCUT2D eigenvalue weighted by atomic mass is 32.2. The number of carbonyl (C=O) groups excluding carboxylic acids is 1. The van der Waals surface area contributed by atoms with Crippen molar-refractivity contribution < 1.29 is 9.53 Å². The number of benzene rings is 2. The highest BCUT2D eigenvalue weighted by Gasteiger charge is 2.30. The van der Waals surface area contributed by atoms with Crippen LogP contribution in [0.25, 0.3) is 16.6 Å². The summed E-state index contributed by atoms with van der Waals surface area (Å²) in [5.41, 5.74) is -0.135. The van der Waals surface area contributed by atoms with E-state index in [2.05, 4.69) is 16.4 Å². The third-order valence-electron chi connectivity index (χ3n) is 5.19. The third-order valence-corrected chi connectivity index (χ3v) is 6.13. The molecule has 0 aliphatic rings. The van der Waals surface area contributed by atoms with E-state index in [0.29, 0.717) is 27.5 Å². The minimum absolute atomic E-state index is 0.00389. The summed E-state index contributed by atoms with van der Waals surface area (Å²) in [5.74, 6) is 0.155. The number of thioether (sulfide) groups is 1. The molecule has 31 heavy (non-hydrogen) atoms. The van der Waals surface area contributed by atoms with E-state index >= 15 is 0 Å². The summed E-state index contributed by atoms with van der Waals surface area (Å²) in [4.78, 5) is 30.6. The van der Waals surface area contributed by atoms with Crippen molar-refractivity contribution in [3.8, 4) is 17.5 Å². The Balaban J connectivity index is 2.03. The molecular weight excluding hydrogens is 412 g/mol. The Kier molecular flexibility index (Phi) is 6.66. The molecule has 1 atom stereocenters. The van der Waals surface area contributed by atoms with Crippen LogP contribution in [0.2, 0.25) is 0 Å². The standard InChI is InChI=1S/C23H24N4O3S/c1-15(2)23(3,14-24)26-20(28)13-31-22-25-17-10-6-5-9-16(17)21(29)27(22)18-11-7-8-12-19(18)30-4/h5-12,15H,13H2,1-4H3,(H,26,28). The Bertz CT molecular complexity index is 1220. The first-order valence-electron chi connectivity index (χ1n) is 9.81. The molecule has 1 amide bonds. The van der Waals surface area contributed by atoms with Crippen LogP contribution in [0.15, 0.2) is 58.5 Å². The molecule has 0 saturated carbocycles. The van der Waals surface area contributed by atoms with Crippen molar-refractivity contribution in [3.05, 3.63) is 58.9 Å². The van der Waals surface area contributed by atoms with Crippen LogP contribution in [0, 0.1) is 17.2 Å². The van der Waals surface area contributed by atoms with E-state index in [1.165, 1.54) is 11.7 Å². The Morgan fingerprint density at radius 2 is 1.94 bits per heavy atom. The second-order valence-electron chi connectivity index (χ2n) is 7.53. The maximum absolute atomic E-state index is 13.3. The van der Waals surface area contributed by atoms with E-state index in [1.807, 2.05) is 32.0 Å². The van der Waals surface area contributed by atoms with Gasteiger partial charge in [-0.15, -0.1) is 0 Å². The van der Waals surface area contributed by atoms with Crippen LogP contribution in [0.3, 0.4) is 0 Å². The number of para-hydroxylation sites is 3. The molecule has 7 nitrogen and oxygen atoms in total. The molecule has 0 radical (unpaired) electrons. The SMILES string of the molecule is COc1ccccc1-n1c(SCC(=O)NC(C)(C#N)C(C)C)nc2ccccc2c1=O. The van der Waals surface area contributed by atoms with Gasteiger partial charge in [-0.25, -0.2) is 4.98 Å². The number of nitrogens with zero attached hydrogens (tertiary/aromatic N) is 3. The molecule has 2 aromatic carbocycles. The third kappa shape index (κ3) is 4.57. The van der Waals surface area contributed by atoms with Gasteiger partial charge in [0.15, 0.2) is 5.16 Å².